The van der Waals surface area contributed by atoms with E-state index in [1.54, 1.807) is 0 Å². The van der Waals surface area contributed by atoms with Crippen molar-refractivity contribution in [2.75, 3.05) is 0 Å². The Morgan fingerprint density at radius 1 is 0.955 bits per heavy atom. The molecular formula is C19H22O3. The van der Waals surface area contributed by atoms with Gasteiger partial charge in [0.25, 0.3) is 0 Å². The van der Waals surface area contributed by atoms with E-state index in [9.17, 15) is 0 Å². The molecule has 0 amide bonds. The molecule has 1 aliphatic heterocycles. The number of hydrogen-bond donors (Lipinski definition) is 0. The van der Waals surface area contributed by atoms with Gasteiger partial charge in [0.15, 0.2) is 11.5 Å². The lowest BCUT2D eigenvalue weighted by molar-refractivity contribution is -0.0431. The number of rotatable bonds is 4. The lowest BCUT2D eigenvalue weighted by atomic mass is 9.99. The molecule has 0 spiro atoms. The van der Waals surface area contributed by atoms with Gasteiger partial charge in [0.05, 0.1) is 0 Å². The van der Waals surface area contributed by atoms with Crippen molar-refractivity contribution in [3.05, 3.63) is 48.0 Å². The first-order chi connectivity index (χ1) is 10.5. The maximum atomic E-state index is 5.90. The molecule has 2 aromatic carbocycles. The molecule has 1 unspecified atom stereocenters. The average molecular weight is 298 g/mol. The van der Waals surface area contributed by atoms with Crippen LogP contribution < -0.4 is 14.2 Å². The van der Waals surface area contributed by atoms with E-state index < -0.39 is 5.79 Å². The van der Waals surface area contributed by atoms with Crippen LogP contribution in [0.4, 0.5) is 0 Å². The summed E-state index contributed by atoms with van der Waals surface area (Å²) in [5.74, 6) is 3.00. The zero-order chi connectivity index (χ0) is 15.7. The standard InChI is InChI=1S/C19H22O3/c1-5-13(2)14-6-8-15(9-7-14)20-16-10-11-17-18(12-16)22-19(3,4)21-17/h6-13H,5H2,1-4H3. The number of fused-ring (bicyclic) bond motifs is 1. The zero-order valence-corrected chi connectivity index (χ0v) is 13.6. The Bertz CT molecular complexity index is 659. The highest BCUT2D eigenvalue weighted by atomic mass is 16.7. The minimum Gasteiger partial charge on any atom is -0.457 e. The van der Waals surface area contributed by atoms with Gasteiger partial charge in [0, 0.05) is 19.9 Å². The van der Waals surface area contributed by atoms with Crippen LogP contribution in [0.1, 0.15) is 45.6 Å². The van der Waals surface area contributed by atoms with Gasteiger partial charge in [-0.25, -0.2) is 0 Å². The minimum absolute atomic E-state index is 0.571. The van der Waals surface area contributed by atoms with E-state index in [1.165, 1.54) is 5.56 Å². The van der Waals surface area contributed by atoms with Crippen molar-refractivity contribution < 1.29 is 14.2 Å². The first kappa shape index (κ1) is 14.8. The van der Waals surface area contributed by atoms with Crippen molar-refractivity contribution in [2.24, 2.45) is 0 Å². The third-order valence-corrected chi connectivity index (χ3v) is 3.92. The van der Waals surface area contributed by atoms with E-state index in [0.29, 0.717) is 5.92 Å². The van der Waals surface area contributed by atoms with E-state index in [0.717, 1.165) is 29.4 Å². The molecule has 0 aromatic heterocycles. The Kier molecular flexibility index (Phi) is 3.73. The number of ether oxygens (including phenoxy) is 3. The van der Waals surface area contributed by atoms with Gasteiger partial charge < -0.3 is 14.2 Å². The largest absolute Gasteiger partial charge is 0.457 e. The van der Waals surface area contributed by atoms with Gasteiger partial charge in [-0.3, -0.25) is 0 Å². The normalized spacial score (nSPS) is 16.4. The molecule has 1 heterocycles. The van der Waals surface area contributed by atoms with E-state index in [2.05, 4.69) is 26.0 Å². The van der Waals surface area contributed by atoms with Crippen LogP contribution in [0.15, 0.2) is 42.5 Å². The molecule has 2 aromatic rings. The summed E-state index contributed by atoms with van der Waals surface area (Å²) in [6.07, 6.45) is 1.14. The van der Waals surface area contributed by atoms with E-state index in [-0.39, 0.29) is 0 Å². The molecule has 3 nitrogen and oxygen atoms in total. The summed E-state index contributed by atoms with van der Waals surface area (Å²) in [6.45, 7) is 8.21. The van der Waals surface area contributed by atoms with E-state index in [4.69, 9.17) is 14.2 Å². The van der Waals surface area contributed by atoms with Crippen molar-refractivity contribution in [1.29, 1.82) is 0 Å². The van der Waals surface area contributed by atoms with Gasteiger partial charge >= 0.3 is 0 Å². The molecule has 0 radical (unpaired) electrons. The maximum Gasteiger partial charge on any atom is 0.246 e. The summed E-state index contributed by atoms with van der Waals surface area (Å²) in [5, 5.41) is 0. The lowest BCUT2D eigenvalue weighted by Gasteiger charge is -2.16. The second-order valence-electron chi connectivity index (χ2n) is 6.19. The van der Waals surface area contributed by atoms with Gasteiger partial charge in [0.1, 0.15) is 11.5 Å². The Balaban J connectivity index is 1.74. The van der Waals surface area contributed by atoms with E-state index in [1.807, 2.05) is 44.2 Å². The van der Waals surface area contributed by atoms with Gasteiger partial charge in [-0.1, -0.05) is 26.0 Å². The summed E-state index contributed by atoms with van der Waals surface area (Å²) in [4.78, 5) is 0. The fourth-order valence-electron chi connectivity index (χ4n) is 2.50. The summed E-state index contributed by atoms with van der Waals surface area (Å²) in [5.41, 5.74) is 1.34. The molecule has 0 aliphatic carbocycles. The fourth-order valence-corrected chi connectivity index (χ4v) is 2.50. The molecule has 1 atom stereocenters. The summed E-state index contributed by atoms with van der Waals surface area (Å²) >= 11 is 0. The molecule has 1 aliphatic rings. The van der Waals surface area contributed by atoms with Crippen LogP contribution in [0.5, 0.6) is 23.0 Å². The van der Waals surface area contributed by atoms with Crippen LogP contribution in [0.25, 0.3) is 0 Å². The Labute approximate surface area is 131 Å². The van der Waals surface area contributed by atoms with Crippen molar-refractivity contribution in [2.45, 2.75) is 45.8 Å². The second kappa shape index (κ2) is 5.56. The first-order valence-electron chi connectivity index (χ1n) is 7.77. The highest BCUT2D eigenvalue weighted by molar-refractivity contribution is 5.49. The molecule has 0 saturated carbocycles. The SMILES string of the molecule is CCC(C)c1ccc(Oc2ccc3c(c2)OC(C)(C)O3)cc1. The minimum atomic E-state index is -0.612. The number of hydrogen-bond acceptors (Lipinski definition) is 3. The monoisotopic (exact) mass is 298 g/mol. The van der Waals surface area contributed by atoms with Crippen molar-refractivity contribution in [3.8, 4) is 23.0 Å². The molecular weight excluding hydrogens is 276 g/mol. The van der Waals surface area contributed by atoms with Gasteiger partial charge in [-0.2, -0.15) is 0 Å². The van der Waals surface area contributed by atoms with Crippen molar-refractivity contribution >= 4 is 0 Å². The Morgan fingerprint density at radius 2 is 1.59 bits per heavy atom. The van der Waals surface area contributed by atoms with Crippen LogP contribution in [0.2, 0.25) is 0 Å². The molecule has 116 valence electrons. The molecule has 0 bridgehead atoms. The molecule has 0 fully saturated rings. The highest BCUT2D eigenvalue weighted by Gasteiger charge is 2.31. The predicted octanol–water partition coefficient (Wildman–Crippen LogP) is 5.50. The molecule has 0 N–H and O–H groups in total. The van der Waals surface area contributed by atoms with Crippen molar-refractivity contribution in [3.63, 3.8) is 0 Å². The van der Waals surface area contributed by atoms with Crippen LogP contribution >= 0.6 is 0 Å². The Hall–Kier alpha value is -2.16. The Morgan fingerprint density at radius 3 is 2.27 bits per heavy atom. The lowest BCUT2D eigenvalue weighted by Crippen LogP contribution is -2.29. The van der Waals surface area contributed by atoms with Crippen LogP contribution in [0.3, 0.4) is 0 Å². The summed E-state index contributed by atoms with van der Waals surface area (Å²) in [7, 11) is 0. The van der Waals surface area contributed by atoms with E-state index >= 15 is 0 Å². The third kappa shape index (κ3) is 3.03. The smallest absolute Gasteiger partial charge is 0.246 e. The zero-order valence-electron chi connectivity index (χ0n) is 13.6. The number of benzene rings is 2. The molecule has 3 heteroatoms. The topological polar surface area (TPSA) is 27.7 Å². The van der Waals surface area contributed by atoms with Gasteiger partial charge in [0.2, 0.25) is 5.79 Å². The second-order valence-corrected chi connectivity index (χ2v) is 6.19. The van der Waals surface area contributed by atoms with Gasteiger partial charge in [-0.15, -0.1) is 0 Å². The predicted molar refractivity (Wildman–Crippen MR) is 87.0 cm³/mol. The maximum absolute atomic E-state index is 5.90. The highest BCUT2D eigenvalue weighted by Crippen LogP contribution is 2.42. The molecule has 22 heavy (non-hydrogen) atoms. The average Bonchev–Trinajstić information content (AvgIpc) is 2.80. The molecule has 3 rings (SSSR count). The molecule has 0 saturated heterocycles. The van der Waals surface area contributed by atoms with Crippen molar-refractivity contribution in [1.82, 2.24) is 0 Å². The first-order valence-corrected chi connectivity index (χ1v) is 7.77. The third-order valence-electron chi connectivity index (χ3n) is 3.92. The van der Waals surface area contributed by atoms with Crippen LogP contribution in [-0.4, -0.2) is 5.79 Å². The summed E-state index contributed by atoms with van der Waals surface area (Å²) < 4.78 is 17.3. The van der Waals surface area contributed by atoms with Crippen LogP contribution in [-0.2, 0) is 0 Å². The van der Waals surface area contributed by atoms with Crippen LogP contribution in [0, 0.1) is 0 Å². The fraction of sp³-hybridized carbons (Fsp3) is 0.368. The summed E-state index contributed by atoms with van der Waals surface area (Å²) in [6, 6.07) is 13.9. The van der Waals surface area contributed by atoms with Gasteiger partial charge in [-0.05, 0) is 42.2 Å². The quantitative estimate of drug-likeness (QED) is 0.746.